The summed E-state index contributed by atoms with van der Waals surface area (Å²) >= 11 is 6.01. The van der Waals surface area contributed by atoms with E-state index in [2.05, 4.69) is 5.16 Å². The minimum absolute atomic E-state index is 0.313. The Morgan fingerprint density at radius 1 is 1.21 bits per heavy atom. The number of nitrogen functional groups attached to an aromatic ring is 1. The Labute approximate surface area is 114 Å². The van der Waals surface area contributed by atoms with Gasteiger partial charge in [-0.05, 0) is 36.2 Å². The molecule has 0 spiro atoms. The average molecular weight is 275 g/mol. The molecule has 0 unspecified atom stereocenters. The quantitative estimate of drug-likeness (QED) is 0.762. The molecule has 0 radical (unpaired) electrons. The molecule has 3 aromatic rings. The van der Waals surface area contributed by atoms with Crippen molar-refractivity contribution in [3.05, 3.63) is 47.2 Å². The smallest absolute Gasteiger partial charge is 0.212 e. The van der Waals surface area contributed by atoms with Gasteiger partial charge in [0.2, 0.25) is 5.76 Å². The molecule has 2 N–H and O–H groups in total. The first-order chi connectivity index (χ1) is 9.16. The fraction of sp³-hybridized carbons (Fsp3) is 0.0714. The predicted molar refractivity (Wildman–Crippen MR) is 73.8 cm³/mol. The van der Waals surface area contributed by atoms with E-state index in [0.29, 0.717) is 27.9 Å². The van der Waals surface area contributed by atoms with E-state index in [-0.39, 0.29) is 0 Å². The lowest BCUT2D eigenvalue weighted by molar-refractivity contribution is 0.421. The number of nitrogens with zero attached hydrogens (tertiary/aromatic N) is 1. The van der Waals surface area contributed by atoms with Crippen LogP contribution < -0.4 is 5.73 Å². The number of hydrogen-bond acceptors (Lipinski definition) is 4. The molecular weight excluding hydrogens is 264 g/mol. The lowest BCUT2D eigenvalue weighted by atomic mass is 10.0. The van der Waals surface area contributed by atoms with Crippen molar-refractivity contribution in [2.75, 3.05) is 5.73 Å². The lowest BCUT2D eigenvalue weighted by Gasteiger charge is -2.02. The van der Waals surface area contributed by atoms with Crippen molar-refractivity contribution >= 4 is 17.4 Å². The first-order valence-electron chi connectivity index (χ1n) is 5.72. The van der Waals surface area contributed by atoms with Crippen LogP contribution in [0.4, 0.5) is 5.82 Å². The Kier molecular flexibility index (Phi) is 2.80. The van der Waals surface area contributed by atoms with E-state index in [9.17, 15) is 0 Å². The van der Waals surface area contributed by atoms with Crippen molar-refractivity contribution in [1.82, 2.24) is 5.16 Å². The summed E-state index contributed by atoms with van der Waals surface area (Å²) in [6.07, 6.45) is 1.60. The fourth-order valence-electron chi connectivity index (χ4n) is 1.99. The second-order valence-electron chi connectivity index (χ2n) is 4.22. The highest BCUT2D eigenvalue weighted by Gasteiger charge is 2.21. The number of benzene rings is 1. The van der Waals surface area contributed by atoms with Crippen LogP contribution in [0.5, 0.6) is 0 Å². The van der Waals surface area contributed by atoms with Gasteiger partial charge < -0.3 is 14.7 Å². The molecule has 0 aliphatic heterocycles. The van der Waals surface area contributed by atoms with Crippen LogP contribution in [-0.2, 0) is 0 Å². The summed E-state index contributed by atoms with van der Waals surface area (Å²) in [6, 6.07) is 9.22. The van der Waals surface area contributed by atoms with Gasteiger partial charge in [-0.3, -0.25) is 0 Å². The van der Waals surface area contributed by atoms with Crippen molar-refractivity contribution in [3.63, 3.8) is 0 Å². The van der Waals surface area contributed by atoms with Crippen molar-refractivity contribution in [2.24, 2.45) is 0 Å². The van der Waals surface area contributed by atoms with E-state index in [4.69, 9.17) is 26.3 Å². The second kappa shape index (κ2) is 4.48. The third kappa shape index (κ3) is 2.00. The number of nitrogens with two attached hydrogens (primary N) is 1. The van der Waals surface area contributed by atoms with Crippen LogP contribution in [-0.4, -0.2) is 5.16 Å². The molecule has 0 bridgehead atoms. The maximum Gasteiger partial charge on any atom is 0.212 e. The zero-order valence-electron chi connectivity index (χ0n) is 10.2. The SMILES string of the molecule is Cc1ccoc1-c1onc(N)c1-c1cccc(Cl)c1. The van der Waals surface area contributed by atoms with Gasteiger partial charge in [-0.1, -0.05) is 28.9 Å². The van der Waals surface area contributed by atoms with Crippen LogP contribution in [0.2, 0.25) is 5.02 Å². The van der Waals surface area contributed by atoms with Gasteiger partial charge in [0.25, 0.3) is 0 Å². The van der Waals surface area contributed by atoms with Crippen molar-refractivity contribution in [2.45, 2.75) is 6.92 Å². The molecule has 0 aliphatic carbocycles. The minimum Gasteiger partial charge on any atom is -0.461 e. The zero-order valence-corrected chi connectivity index (χ0v) is 10.9. The number of furan rings is 1. The molecule has 3 rings (SSSR count). The first-order valence-corrected chi connectivity index (χ1v) is 6.10. The fourth-order valence-corrected chi connectivity index (χ4v) is 2.18. The van der Waals surface area contributed by atoms with Crippen molar-refractivity contribution < 1.29 is 8.94 Å². The molecule has 0 aliphatic rings. The first kappa shape index (κ1) is 11.9. The Balaban J connectivity index is 2.22. The molecule has 19 heavy (non-hydrogen) atoms. The molecular formula is C14H11ClN2O2. The monoisotopic (exact) mass is 274 g/mol. The summed E-state index contributed by atoms with van der Waals surface area (Å²) in [4.78, 5) is 0. The van der Waals surface area contributed by atoms with Crippen LogP contribution in [0, 0.1) is 6.92 Å². The molecule has 5 heteroatoms. The molecule has 1 aromatic carbocycles. The van der Waals surface area contributed by atoms with E-state index in [0.717, 1.165) is 11.1 Å². The largest absolute Gasteiger partial charge is 0.461 e. The summed E-state index contributed by atoms with van der Waals surface area (Å²) in [5.41, 5.74) is 8.39. The number of aromatic nitrogens is 1. The Hall–Kier alpha value is -2.20. The van der Waals surface area contributed by atoms with Crippen LogP contribution >= 0.6 is 11.6 Å². The van der Waals surface area contributed by atoms with E-state index in [1.54, 1.807) is 12.3 Å². The molecule has 2 aromatic heterocycles. The number of aryl methyl sites for hydroxylation is 1. The topological polar surface area (TPSA) is 65.2 Å². The molecule has 0 saturated heterocycles. The summed E-state index contributed by atoms with van der Waals surface area (Å²) in [5.74, 6) is 1.45. The van der Waals surface area contributed by atoms with Crippen LogP contribution in [0.15, 0.2) is 45.5 Å². The Morgan fingerprint density at radius 3 is 2.74 bits per heavy atom. The maximum atomic E-state index is 6.01. The lowest BCUT2D eigenvalue weighted by Crippen LogP contribution is -1.88. The Morgan fingerprint density at radius 2 is 2.05 bits per heavy atom. The maximum absolute atomic E-state index is 6.01. The minimum atomic E-state index is 0.313. The van der Waals surface area contributed by atoms with E-state index >= 15 is 0 Å². The van der Waals surface area contributed by atoms with Gasteiger partial charge in [-0.15, -0.1) is 0 Å². The number of rotatable bonds is 2. The molecule has 0 fully saturated rings. The van der Waals surface area contributed by atoms with E-state index in [1.165, 1.54) is 0 Å². The summed E-state index contributed by atoms with van der Waals surface area (Å²) in [5, 5.41) is 4.44. The molecule has 96 valence electrons. The van der Waals surface area contributed by atoms with Crippen molar-refractivity contribution in [1.29, 1.82) is 0 Å². The highest BCUT2D eigenvalue weighted by molar-refractivity contribution is 6.30. The second-order valence-corrected chi connectivity index (χ2v) is 4.65. The number of hydrogen-bond donors (Lipinski definition) is 1. The highest BCUT2D eigenvalue weighted by atomic mass is 35.5. The predicted octanol–water partition coefficient (Wildman–Crippen LogP) is 4.15. The standard InChI is InChI=1S/C14H11ClN2O2/c1-8-5-6-18-12(8)13-11(14(16)17-19-13)9-3-2-4-10(15)7-9/h2-7H,1H3,(H2,16,17). The summed E-state index contributed by atoms with van der Waals surface area (Å²) < 4.78 is 10.7. The zero-order chi connectivity index (χ0) is 13.4. The normalized spacial score (nSPS) is 10.8. The molecule has 4 nitrogen and oxygen atoms in total. The van der Waals surface area contributed by atoms with Crippen LogP contribution in [0.3, 0.4) is 0 Å². The van der Waals surface area contributed by atoms with Gasteiger partial charge in [0, 0.05) is 5.02 Å². The molecule has 2 heterocycles. The number of anilines is 1. The van der Waals surface area contributed by atoms with Gasteiger partial charge in [0.15, 0.2) is 11.6 Å². The molecule has 0 saturated carbocycles. The average Bonchev–Trinajstić information content (AvgIpc) is 2.95. The van der Waals surface area contributed by atoms with Gasteiger partial charge in [-0.2, -0.15) is 0 Å². The van der Waals surface area contributed by atoms with Gasteiger partial charge in [-0.25, -0.2) is 0 Å². The summed E-state index contributed by atoms with van der Waals surface area (Å²) in [6.45, 7) is 1.93. The molecule has 0 atom stereocenters. The summed E-state index contributed by atoms with van der Waals surface area (Å²) in [7, 11) is 0. The van der Waals surface area contributed by atoms with Crippen LogP contribution in [0.25, 0.3) is 22.6 Å². The number of halogens is 1. The van der Waals surface area contributed by atoms with Gasteiger partial charge in [0.05, 0.1) is 11.8 Å². The Bertz CT molecular complexity index is 731. The van der Waals surface area contributed by atoms with Gasteiger partial charge >= 0.3 is 0 Å². The van der Waals surface area contributed by atoms with Crippen molar-refractivity contribution in [3.8, 4) is 22.6 Å². The van der Waals surface area contributed by atoms with E-state index < -0.39 is 0 Å². The van der Waals surface area contributed by atoms with Crippen LogP contribution in [0.1, 0.15) is 5.56 Å². The van der Waals surface area contributed by atoms with E-state index in [1.807, 2.05) is 31.2 Å². The third-order valence-corrected chi connectivity index (χ3v) is 3.14. The van der Waals surface area contributed by atoms with Gasteiger partial charge in [0.1, 0.15) is 0 Å². The molecule has 0 amide bonds. The third-order valence-electron chi connectivity index (χ3n) is 2.90. The highest BCUT2D eigenvalue weighted by Crippen LogP contribution is 2.38.